The number of hydrogen-bond donors (Lipinski definition) is 0. The molecular weight excluding hydrogens is 1060 g/mol. The first-order chi connectivity index (χ1) is 37.8. The Bertz CT molecular complexity index is 4040. The number of rotatable bonds is 8. The average molecular weight is 1140 g/mol. The molecule has 0 aliphatic carbocycles. The van der Waals surface area contributed by atoms with E-state index in [9.17, 15) is 5.48 Å². The second-order valence-corrected chi connectivity index (χ2v) is 22.2. The summed E-state index contributed by atoms with van der Waals surface area (Å²) in [5.74, 6) is 1.50. The van der Waals surface area contributed by atoms with Crippen LogP contribution >= 0.6 is 0 Å². The topological polar surface area (TPSA) is 48.8 Å². The monoisotopic (exact) mass is 1130 g/mol. The Morgan fingerprint density at radius 1 is 0.556 bits per heavy atom. The number of ether oxygens (including phenoxy) is 1. The van der Waals surface area contributed by atoms with Crippen molar-refractivity contribution in [2.24, 2.45) is 0 Å². The van der Waals surface area contributed by atoms with E-state index in [-0.39, 0.29) is 71.0 Å². The van der Waals surface area contributed by atoms with Gasteiger partial charge in [0.15, 0.2) is 5.82 Å². The molecule has 0 unspecified atom stereocenters. The molecule has 0 aliphatic rings. The second kappa shape index (κ2) is 18.9. The van der Waals surface area contributed by atoms with Gasteiger partial charge in [-0.2, -0.15) is 22.4 Å². The zero-order valence-electron chi connectivity index (χ0n) is 52.8. The maximum absolute atomic E-state index is 9.32. The van der Waals surface area contributed by atoms with E-state index in [2.05, 4.69) is 130 Å². The quantitative estimate of drug-likeness (QED) is 0.113. The number of para-hydroxylation sites is 1. The minimum absolute atomic E-state index is 0. The van der Waals surface area contributed by atoms with Crippen molar-refractivity contribution in [3.8, 4) is 62.3 Å². The van der Waals surface area contributed by atoms with Crippen molar-refractivity contribution in [3.05, 3.63) is 204 Å². The summed E-state index contributed by atoms with van der Waals surface area (Å²) in [4.78, 5) is 4.86. The fourth-order valence-electron chi connectivity index (χ4n) is 8.76. The molecule has 10 aromatic rings. The zero-order chi connectivity index (χ0) is 58.7. The van der Waals surface area contributed by atoms with E-state index in [1.165, 1.54) is 0 Å². The predicted octanol–water partition coefficient (Wildman–Crippen LogP) is 16.0. The van der Waals surface area contributed by atoms with Gasteiger partial charge >= 0.3 is 0 Å². The van der Waals surface area contributed by atoms with Gasteiger partial charge in [0.2, 0.25) is 0 Å². The first kappa shape index (κ1) is 38.8. The van der Waals surface area contributed by atoms with Gasteiger partial charge in [-0.1, -0.05) is 209 Å². The van der Waals surface area contributed by atoms with Crippen LogP contribution in [0.15, 0.2) is 164 Å². The summed E-state index contributed by atoms with van der Waals surface area (Å²) in [6.07, 6.45) is 5.35. The summed E-state index contributed by atoms with van der Waals surface area (Å²) in [5, 5.41) is 7.33. The summed E-state index contributed by atoms with van der Waals surface area (Å²) in [6, 6.07) is 32.6. The first-order valence-electron chi connectivity index (χ1n) is 28.9. The molecule has 0 N–H and O–H groups in total. The molecule has 10 rings (SSSR count). The van der Waals surface area contributed by atoms with Gasteiger partial charge in [-0.3, -0.25) is 0 Å². The maximum atomic E-state index is 9.32. The predicted molar refractivity (Wildman–Crippen MR) is 291 cm³/mol. The van der Waals surface area contributed by atoms with E-state index in [0.29, 0.717) is 22.9 Å². The van der Waals surface area contributed by atoms with E-state index < -0.39 is 65.8 Å². The summed E-state index contributed by atoms with van der Waals surface area (Å²) in [5.41, 5.74) is 5.31. The average Bonchev–Trinajstić information content (AvgIpc) is 3.74. The second-order valence-electron chi connectivity index (χ2n) is 22.2. The van der Waals surface area contributed by atoms with E-state index in [0.717, 1.165) is 49.9 Å². The molecule has 0 saturated heterocycles. The molecule has 3 heterocycles. The van der Waals surface area contributed by atoms with E-state index in [4.69, 9.17) is 23.0 Å². The van der Waals surface area contributed by atoms with Gasteiger partial charge in [0.25, 0.3) is 6.33 Å². The van der Waals surface area contributed by atoms with Gasteiger partial charge in [0, 0.05) is 49.8 Å². The van der Waals surface area contributed by atoms with Crippen LogP contribution in [0.1, 0.15) is 119 Å². The third-order valence-electron chi connectivity index (χ3n) is 12.9. The third-order valence-corrected chi connectivity index (χ3v) is 12.9. The summed E-state index contributed by atoms with van der Waals surface area (Å²) >= 11 is 0. The van der Waals surface area contributed by atoms with E-state index in [1.807, 2.05) is 60.8 Å². The van der Waals surface area contributed by atoms with Gasteiger partial charge in [0.1, 0.15) is 5.82 Å². The molecule has 0 saturated carbocycles. The Morgan fingerprint density at radius 3 is 1.74 bits per heavy atom. The Balaban J connectivity index is 0.00000810. The van der Waals surface area contributed by atoms with Crippen LogP contribution in [-0.4, -0.2) is 19.2 Å². The number of fused-ring (bicyclic) bond motifs is 3. The largest absolute Gasteiger partial charge is 0.510 e. The molecule has 366 valence electrons. The van der Waals surface area contributed by atoms with Crippen molar-refractivity contribution in [2.75, 3.05) is 0 Å². The minimum Gasteiger partial charge on any atom is -0.510 e. The van der Waals surface area contributed by atoms with Crippen LogP contribution in [0, 0.1) is 18.5 Å². The summed E-state index contributed by atoms with van der Waals surface area (Å²) in [6.45, 7) is 25.5. The smallest absolute Gasteiger partial charge is 0.272 e. The van der Waals surface area contributed by atoms with Crippen LogP contribution in [-0.2, 0) is 42.7 Å². The molecule has 6 nitrogen and oxygen atoms in total. The third kappa shape index (κ3) is 9.87. The van der Waals surface area contributed by atoms with Gasteiger partial charge in [-0.25, -0.2) is 4.98 Å². The van der Waals surface area contributed by atoms with Crippen LogP contribution in [0.25, 0.3) is 72.6 Å². The molecule has 72 heavy (non-hydrogen) atoms. The molecule has 7 aromatic carbocycles. The normalized spacial score (nSPS) is 14.3. The Kier molecular flexibility index (Phi) is 10.2. The number of aromatic nitrogens is 5. The fourth-order valence-corrected chi connectivity index (χ4v) is 8.76. The van der Waals surface area contributed by atoms with Crippen LogP contribution in [0.2, 0.25) is 0 Å². The van der Waals surface area contributed by atoms with Crippen LogP contribution in [0.3, 0.4) is 0 Å². The molecule has 0 fully saturated rings. The van der Waals surface area contributed by atoms with Crippen LogP contribution in [0.4, 0.5) is 0 Å². The SMILES string of the molecule is [2H]c1c([2H])c([2H])c(-c2cccc(-c3c([2H])c([2H])c([2H])c([2H])c3[2H])c2-c2n[n+](-c3cc(C(C)(C)C)cc(C(C)(C)C)c3)[c-]n2-c2[c-]c(Oc3[c-]c4c(cc3)c3ccccc3n4-c3cc(C(C)(C)C)ccn3)cc(C(C)(C)C)c2)c([2H])c1[2H].[Pt]. The number of benzene rings is 7. The minimum atomic E-state index is -0.594. The molecule has 7 heteroatoms. The van der Waals surface area contributed by atoms with Gasteiger partial charge in [-0.05, 0) is 84.2 Å². The molecule has 0 atom stereocenters. The summed E-state index contributed by atoms with van der Waals surface area (Å²) in [7, 11) is 0. The Morgan fingerprint density at radius 2 is 1.14 bits per heavy atom. The summed E-state index contributed by atoms with van der Waals surface area (Å²) < 4.78 is 102. The zero-order valence-corrected chi connectivity index (χ0v) is 45.0. The molecule has 0 bridgehead atoms. The van der Waals surface area contributed by atoms with Crippen molar-refractivity contribution >= 4 is 21.8 Å². The van der Waals surface area contributed by atoms with Crippen molar-refractivity contribution in [3.63, 3.8) is 0 Å². The number of hydrogen-bond acceptors (Lipinski definition) is 3. The maximum Gasteiger partial charge on any atom is 0.272 e. The fraction of sp³-hybridized carbons (Fsp3) is 0.246. The van der Waals surface area contributed by atoms with Gasteiger partial charge in [-0.15, -0.1) is 34.8 Å². The van der Waals surface area contributed by atoms with Gasteiger partial charge in [0.05, 0.1) is 19.4 Å². The van der Waals surface area contributed by atoms with Crippen LogP contribution < -0.4 is 9.42 Å². The first-order valence-corrected chi connectivity index (χ1v) is 23.9. The number of nitrogens with zero attached hydrogens (tertiary/aromatic N) is 5. The molecule has 3 aromatic heterocycles. The van der Waals surface area contributed by atoms with E-state index in [1.54, 1.807) is 27.4 Å². The van der Waals surface area contributed by atoms with E-state index >= 15 is 0 Å². The van der Waals surface area contributed by atoms with Crippen LogP contribution in [0.5, 0.6) is 11.5 Å². The van der Waals surface area contributed by atoms with Crippen molar-refractivity contribution in [1.82, 2.24) is 19.2 Å². The van der Waals surface area contributed by atoms with Crippen molar-refractivity contribution in [1.29, 1.82) is 0 Å². The van der Waals surface area contributed by atoms with Crippen molar-refractivity contribution < 1.29 is 44.2 Å². The Labute approximate surface area is 454 Å². The molecule has 0 amide bonds. The molecule has 0 radical (unpaired) electrons. The number of pyridine rings is 1. The van der Waals surface area contributed by atoms with Crippen molar-refractivity contribution in [2.45, 2.75) is 105 Å². The molecule has 0 aliphatic heterocycles. The Hall–Kier alpha value is -6.88. The standard InChI is InChI=1S/C65H63N5O.Pt/c1-62(2,3)45-32-33-66-59(39-45)70-57-29-20-19-26-55(57)56-31-30-51(41-58(56)70)71-52-38-48(65(10,11)12)35-49(40-52)68-42-69(50-36-46(63(4,5)6)34-47(37-50)64(7,8)9)67-61(68)60-53(43-22-15-13-16-23-43)27-21-28-54(60)44-24-17-14-18-25-44;/h13-39H,1-12H3;/q-2;/i13D,14D,15D,16D,17D,18D,22D,23D,24D,25D;. The molecule has 0 spiro atoms. The molecular formula is C65H63N5OPt-2. The van der Waals surface area contributed by atoms with Gasteiger partial charge < -0.3 is 13.9 Å².